The number of nitrogens with zero attached hydrogens (tertiary/aromatic N) is 2. The number of hydrogen-bond acceptors (Lipinski definition) is 2. The van der Waals surface area contributed by atoms with Gasteiger partial charge in [0.15, 0.2) is 0 Å². The van der Waals surface area contributed by atoms with Crippen molar-refractivity contribution in [3.8, 4) is 0 Å². The van der Waals surface area contributed by atoms with Gasteiger partial charge in [0.1, 0.15) is 0 Å². The monoisotopic (exact) mass is 328 g/mol. The SMILES string of the molecule is CC(C)(C)CC(=O)N1CCC(c2ccccc2)(N2CCCC2)CC1. The summed E-state index contributed by atoms with van der Waals surface area (Å²) in [7, 11) is 0. The molecule has 1 aromatic carbocycles. The molecule has 3 heteroatoms. The van der Waals surface area contributed by atoms with Crippen molar-refractivity contribution in [2.75, 3.05) is 26.2 Å². The van der Waals surface area contributed by atoms with Gasteiger partial charge < -0.3 is 4.90 Å². The second kappa shape index (κ2) is 6.87. The van der Waals surface area contributed by atoms with Crippen molar-refractivity contribution in [2.45, 2.75) is 58.4 Å². The molecule has 0 saturated carbocycles. The van der Waals surface area contributed by atoms with Gasteiger partial charge in [0.2, 0.25) is 5.91 Å². The standard InChI is InChI=1S/C21H32N2O/c1-20(2,3)17-19(24)22-15-11-21(12-16-22,23-13-7-8-14-23)18-9-5-4-6-10-18/h4-6,9-10H,7-8,11-17H2,1-3H3. The van der Waals surface area contributed by atoms with Crippen LogP contribution in [-0.2, 0) is 10.3 Å². The average Bonchev–Trinajstić information content (AvgIpc) is 3.09. The topological polar surface area (TPSA) is 23.6 Å². The fourth-order valence-corrected chi connectivity index (χ4v) is 4.37. The smallest absolute Gasteiger partial charge is 0.223 e. The third kappa shape index (κ3) is 3.66. The molecule has 2 heterocycles. The van der Waals surface area contributed by atoms with Gasteiger partial charge >= 0.3 is 0 Å². The maximum atomic E-state index is 12.6. The quantitative estimate of drug-likeness (QED) is 0.836. The first-order valence-corrected chi connectivity index (χ1v) is 9.49. The minimum Gasteiger partial charge on any atom is -0.343 e. The Hall–Kier alpha value is -1.35. The van der Waals surface area contributed by atoms with Crippen LogP contribution in [0.15, 0.2) is 30.3 Å². The fourth-order valence-electron chi connectivity index (χ4n) is 4.37. The summed E-state index contributed by atoms with van der Waals surface area (Å²) in [5, 5.41) is 0. The van der Waals surface area contributed by atoms with E-state index in [9.17, 15) is 4.79 Å². The molecule has 2 fully saturated rings. The van der Waals surface area contributed by atoms with E-state index >= 15 is 0 Å². The molecule has 0 unspecified atom stereocenters. The highest BCUT2D eigenvalue weighted by molar-refractivity contribution is 5.77. The highest BCUT2D eigenvalue weighted by Crippen LogP contribution is 2.41. The molecule has 132 valence electrons. The average molecular weight is 329 g/mol. The van der Waals surface area contributed by atoms with Crippen molar-refractivity contribution in [3.05, 3.63) is 35.9 Å². The number of carbonyl (C=O) groups is 1. The Bertz CT molecular complexity index is 547. The predicted molar refractivity (Wildman–Crippen MR) is 98.8 cm³/mol. The van der Waals surface area contributed by atoms with Crippen LogP contribution in [0.1, 0.15) is 58.4 Å². The van der Waals surface area contributed by atoms with E-state index in [-0.39, 0.29) is 11.0 Å². The highest BCUT2D eigenvalue weighted by Gasteiger charge is 2.43. The Morgan fingerprint density at radius 3 is 2.12 bits per heavy atom. The maximum Gasteiger partial charge on any atom is 0.223 e. The van der Waals surface area contributed by atoms with Gasteiger partial charge in [-0.1, -0.05) is 51.1 Å². The van der Waals surface area contributed by atoms with Crippen molar-refractivity contribution in [1.29, 1.82) is 0 Å². The molecule has 3 nitrogen and oxygen atoms in total. The summed E-state index contributed by atoms with van der Waals surface area (Å²) in [6, 6.07) is 11.0. The molecule has 2 aliphatic rings. The van der Waals surface area contributed by atoms with Crippen LogP contribution in [0.2, 0.25) is 0 Å². The van der Waals surface area contributed by atoms with E-state index in [1.54, 1.807) is 0 Å². The third-order valence-electron chi connectivity index (χ3n) is 5.65. The zero-order valence-electron chi connectivity index (χ0n) is 15.6. The Kier molecular flexibility index (Phi) is 5.00. The number of carbonyl (C=O) groups excluding carboxylic acids is 1. The van der Waals surface area contributed by atoms with Crippen LogP contribution in [0.3, 0.4) is 0 Å². The summed E-state index contributed by atoms with van der Waals surface area (Å²) < 4.78 is 0. The molecule has 0 aromatic heterocycles. The number of rotatable bonds is 3. The minimum atomic E-state index is 0.0694. The first-order chi connectivity index (χ1) is 11.4. The van der Waals surface area contributed by atoms with Crippen LogP contribution in [0.25, 0.3) is 0 Å². The number of hydrogen-bond donors (Lipinski definition) is 0. The van der Waals surface area contributed by atoms with Crippen molar-refractivity contribution in [2.24, 2.45) is 5.41 Å². The van der Waals surface area contributed by atoms with Gasteiger partial charge in [-0.2, -0.15) is 0 Å². The summed E-state index contributed by atoms with van der Waals surface area (Å²) in [6.45, 7) is 10.6. The zero-order chi connectivity index (χ0) is 17.2. The van der Waals surface area contributed by atoms with Gasteiger partial charge in [-0.25, -0.2) is 0 Å². The molecular weight excluding hydrogens is 296 g/mol. The normalized spacial score (nSPS) is 21.9. The molecule has 2 saturated heterocycles. The maximum absolute atomic E-state index is 12.6. The number of likely N-dealkylation sites (tertiary alicyclic amines) is 2. The molecule has 0 radical (unpaired) electrons. The lowest BCUT2D eigenvalue weighted by atomic mass is 9.79. The van der Waals surface area contributed by atoms with E-state index in [2.05, 4.69) is 60.9 Å². The summed E-state index contributed by atoms with van der Waals surface area (Å²) >= 11 is 0. The van der Waals surface area contributed by atoms with Crippen molar-refractivity contribution in [3.63, 3.8) is 0 Å². The molecule has 0 N–H and O–H groups in total. The van der Waals surface area contributed by atoms with Gasteiger partial charge in [-0.05, 0) is 49.8 Å². The molecule has 0 aliphatic carbocycles. The second-order valence-corrected chi connectivity index (χ2v) is 8.71. The fraction of sp³-hybridized carbons (Fsp3) is 0.667. The lowest BCUT2D eigenvalue weighted by Crippen LogP contribution is -2.53. The molecule has 2 aliphatic heterocycles. The van der Waals surface area contributed by atoms with E-state index in [4.69, 9.17) is 0 Å². The molecule has 0 spiro atoms. The third-order valence-corrected chi connectivity index (χ3v) is 5.65. The largest absolute Gasteiger partial charge is 0.343 e. The predicted octanol–water partition coefficient (Wildman–Crippen LogP) is 4.04. The molecule has 0 atom stereocenters. The summed E-state index contributed by atoms with van der Waals surface area (Å²) in [4.78, 5) is 17.4. The molecule has 24 heavy (non-hydrogen) atoms. The second-order valence-electron chi connectivity index (χ2n) is 8.71. The van der Waals surface area contributed by atoms with E-state index in [1.807, 2.05) is 0 Å². The van der Waals surface area contributed by atoms with Crippen LogP contribution in [0.5, 0.6) is 0 Å². The van der Waals surface area contributed by atoms with Crippen LogP contribution in [0, 0.1) is 5.41 Å². The summed E-state index contributed by atoms with van der Waals surface area (Å²) in [5.74, 6) is 0.325. The molecule has 0 bridgehead atoms. The van der Waals surface area contributed by atoms with Gasteiger partial charge in [0, 0.05) is 25.0 Å². The van der Waals surface area contributed by atoms with Gasteiger partial charge in [-0.15, -0.1) is 0 Å². The lowest BCUT2D eigenvalue weighted by molar-refractivity contribution is -0.136. The first kappa shape index (κ1) is 17.5. The lowest BCUT2D eigenvalue weighted by Gasteiger charge is -2.48. The Labute approximate surface area is 147 Å². The van der Waals surface area contributed by atoms with E-state index in [0.717, 1.165) is 25.9 Å². The van der Waals surface area contributed by atoms with E-state index in [1.165, 1.54) is 31.5 Å². The van der Waals surface area contributed by atoms with Gasteiger partial charge in [0.05, 0.1) is 0 Å². The van der Waals surface area contributed by atoms with E-state index in [0.29, 0.717) is 12.3 Å². The van der Waals surface area contributed by atoms with Crippen LogP contribution in [-0.4, -0.2) is 41.9 Å². The summed E-state index contributed by atoms with van der Waals surface area (Å²) in [5.41, 5.74) is 1.64. The number of benzene rings is 1. The molecule has 1 aromatic rings. The Morgan fingerprint density at radius 1 is 1.00 bits per heavy atom. The van der Waals surface area contributed by atoms with Crippen LogP contribution >= 0.6 is 0 Å². The van der Waals surface area contributed by atoms with Crippen molar-refractivity contribution < 1.29 is 4.79 Å². The molecular formula is C21H32N2O. The van der Waals surface area contributed by atoms with Crippen molar-refractivity contribution in [1.82, 2.24) is 9.80 Å². The number of piperidine rings is 1. The van der Waals surface area contributed by atoms with Crippen molar-refractivity contribution >= 4 is 5.91 Å². The van der Waals surface area contributed by atoms with E-state index < -0.39 is 0 Å². The van der Waals surface area contributed by atoms with Gasteiger partial charge in [0.25, 0.3) is 0 Å². The highest BCUT2D eigenvalue weighted by atomic mass is 16.2. The minimum absolute atomic E-state index is 0.0694. The molecule has 3 rings (SSSR count). The Balaban J connectivity index is 1.75. The summed E-state index contributed by atoms with van der Waals surface area (Å²) in [6.07, 6.45) is 5.39. The number of amides is 1. The van der Waals surface area contributed by atoms with Crippen LogP contribution < -0.4 is 0 Å². The van der Waals surface area contributed by atoms with Crippen LogP contribution in [0.4, 0.5) is 0 Å². The molecule has 1 amide bonds. The Morgan fingerprint density at radius 2 is 1.58 bits per heavy atom. The zero-order valence-corrected chi connectivity index (χ0v) is 15.6. The van der Waals surface area contributed by atoms with Gasteiger partial charge in [-0.3, -0.25) is 9.69 Å². The first-order valence-electron chi connectivity index (χ1n) is 9.49.